The number of carbonyl (C=O) groups is 1. The lowest BCUT2D eigenvalue weighted by atomic mass is 10.1. The van der Waals surface area contributed by atoms with Gasteiger partial charge in [0.1, 0.15) is 28.8 Å². The van der Waals surface area contributed by atoms with Gasteiger partial charge in [0, 0.05) is 5.56 Å². The van der Waals surface area contributed by atoms with E-state index in [1.165, 1.54) is 13.0 Å². The highest BCUT2D eigenvalue weighted by Gasteiger charge is 2.25. The molecule has 0 spiro atoms. The zero-order valence-electron chi connectivity index (χ0n) is 18.7. The number of furan rings is 1. The number of rotatable bonds is 8. The maximum absolute atomic E-state index is 12.4. The normalized spacial score (nSPS) is 11.3. The number of amides is 1. The van der Waals surface area contributed by atoms with Crippen molar-refractivity contribution in [2.45, 2.75) is 25.3 Å². The van der Waals surface area contributed by atoms with Crippen LogP contribution in [0.2, 0.25) is 0 Å². The van der Waals surface area contributed by atoms with Gasteiger partial charge >= 0.3 is 5.91 Å². The van der Waals surface area contributed by atoms with E-state index in [4.69, 9.17) is 18.4 Å². The summed E-state index contributed by atoms with van der Waals surface area (Å²) in [5.74, 6) is 0.886. The van der Waals surface area contributed by atoms with Crippen molar-refractivity contribution in [2.24, 2.45) is 0 Å². The number of sulfonamides is 1. The number of nitrogens with zero attached hydrogens (tertiary/aromatic N) is 1. The number of hydrogen-bond donors (Lipinski definition) is 1. The molecule has 0 aliphatic heterocycles. The summed E-state index contributed by atoms with van der Waals surface area (Å²) in [4.78, 5) is 12.2. The zero-order chi connectivity index (χ0) is 24.3. The molecule has 0 unspecified atom stereocenters. The Morgan fingerprint density at radius 1 is 0.971 bits per heavy atom. The second-order valence-electron chi connectivity index (χ2n) is 7.41. The van der Waals surface area contributed by atoms with Gasteiger partial charge in [-0.15, -0.1) is 0 Å². The Morgan fingerprint density at radius 3 is 2.15 bits per heavy atom. The SMILES string of the molecule is COc1ccc(-c2ccc(OCc3cc(C(=O)NS(=O)(=O)c4cnoc4C)oc3C)cc2)cc1. The van der Waals surface area contributed by atoms with E-state index < -0.39 is 15.9 Å². The third-order valence-electron chi connectivity index (χ3n) is 5.14. The molecule has 1 amide bonds. The minimum absolute atomic E-state index is 0.0722. The molecule has 0 radical (unpaired) electrons. The molecule has 34 heavy (non-hydrogen) atoms. The van der Waals surface area contributed by atoms with Gasteiger partial charge in [0.15, 0.2) is 11.5 Å². The number of nitrogens with one attached hydrogen (secondary N) is 1. The van der Waals surface area contributed by atoms with E-state index in [0.717, 1.165) is 23.1 Å². The molecule has 9 nitrogen and oxygen atoms in total. The van der Waals surface area contributed by atoms with E-state index in [1.807, 2.05) is 53.3 Å². The van der Waals surface area contributed by atoms with Crippen molar-refractivity contribution in [1.82, 2.24) is 9.88 Å². The van der Waals surface area contributed by atoms with Gasteiger partial charge in [0.05, 0.1) is 13.3 Å². The van der Waals surface area contributed by atoms with Gasteiger partial charge in [-0.2, -0.15) is 0 Å². The molecule has 0 fully saturated rings. The van der Waals surface area contributed by atoms with Crippen molar-refractivity contribution in [3.05, 3.63) is 83.6 Å². The van der Waals surface area contributed by atoms with Crippen LogP contribution in [0.15, 0.2) is 74.6 Å². The van der Waals surface area contributed by atoms with Crippen LogP contribution >= 0.6 is 0 Å². The summed E-state index contributed by atoms with van der Waals surface area (Å²) in [6, 6.07) is 16.8. The number of ether oxygens (including phenoxy) is 2. The molecule has 0 bridgehead atoms. The summed E-state index contributed by atoms with van der Waals surface area (Å²) in [5.41, 5.74) is 2.69. The van der Waals surface area contributed by atoms with Crippen molar-refractivity contribution in [3.8, 4) is 22.6 Å². The molecule has 4 rings (SSSR count). The Balaban J connectivity index is 1.40. The first-order valence-corrected chi connectivity index (χ1v) is 11.7. The van der Waals surface area contributed by atoms with Crippen molar-refractivity contribution < 1.29 is 31.6 Å². The molecule has 2 heterocycles. The molecule has 0 aliphatic rings. The fourth-order valence-corrected chi connectivity index (χ4v) is 4.29. The molecule has 4 aromatic rings. The van der Waals surface area contributed by atoms with E-state index >= 15 is 0 Å². The lowest BCUT2D eigenvalue weighted by Crippen LogP contribution is -2.30. The van der Waals surface area contributed by atoms with Crippen LogP contribution in [-0.2, 0) is 16.6 Å². The van der Waals surface area contributed by atoms with Gasteiger partial charge in [-0.05, 0) is 55.3 Å². The molecule has 0 aliphatic carbocycles. The van der Waals surface area contributed by atoms with Gasteiger partial charge in [-0.1, -0.05) is 29.4 Å². The summed E-state index contributed by atoms with van der Waals surface area (Å²) < 4.78 is 47.9. The van der Waals surface area contributed by atoms with Crippen LogP contribution in [0.3, 0.4) is 0 Å². The lowest BCUT2D eigenvalue weighted by molar-refractivity contribution is 0.0953. The predicted molar refractivity (Wildman–Crippen MR) is 122 cm³/mol. The Hall–Kier alpha value is -4.05. The van der Waals surface area contributed by atoms with Crippen molar-refractivity contribution >= 4 is 15.9 Å². The van der Waals surface area contributed by atoms with Crippen molar-refractivity contribution in [2.75, 3.05) is 7.11 Å². The number of aromatic nitrogens is 1. The van der Waals surface area contributed by atoms with E-state index in [9.17, 15) is 13.2 Å². The zero-order valence-corrected chi connectivity index (χ0v) is 19.5. The van der Waals surface area contributed by atoms with Crippen LogP contribution in [-0.4, -0.2) is 26.6 Å². The number of methoxy groups -OCH3 is 1. The summed E-state index contributed by atoms with van der Waals surface area (Å²) in [7, 11) is -2.51. The van der Waals surface area contributed by atoms with Crippen molar-refractivity contribution in [1.29, 1.82) is 0 Å². The van der Waals surface area contributed by atoms with Crippen LogP contribution in [0.4, 0.5) is 0 Å². The first-order chi connectivity index (χ1) is 16.3. The summed E-state index contributed by atoms with van der Waals surface area (Å²) in [5, 5.41) is 3.42. The lowest BCUT2D eigenvalue weighted by Gasteiger charge is -2.07. The molecule has 10 heteroatoms. The Morgan fingerprint density at radius 2 is 1.59 bits per heavy atom. The highest BCUT2D eigenvalue weighted by molar-refractivity contribution is 7.90. The van der Waals surface area contributed by atoms with Gasteiger partial charge in [-0.25, -0.2) is 13.1 Å². The Labute approximate surface area is 196 Å². The van der Waals surface area contributed by atoms with Crippen LogP contribution in [0.5, 0.6) is 11.5 Å². The van der Waals surface area contributed by atoms with Crippen LogP contribution < -0.4 is 14.2 Å². The fourth-order valence-electron chi connectivity index (χ4n) is 3.24. The molecular weight excluding hydrogens is 460 g/mol. The third-order valence-corrected chi connectivity index (χ3v) is 6.57. The number of carbonyl (C=O) groups excluding carboxylic acids is 1. The maximum Gasteiger partial charge on any atom is 0.300 e. The average molecular weight is 483 g/mol. The van der Waals surface area contributed by atoms with E-state index in [2.05, 4.69) is 5.16 Å². The van der Waals surface area contributed by atoms with Gasteiger partial charge in [0.25, 0.3) is 10.0 Å². The van der Waals surface area contributed by atoms with Crippen molar-refractivity contribution in [3.63, 3.8) is 0 Å². The van der Waals surface area contributed by atoms with Crippen LogP contribution in [0, 0.1) is 13.8 Å². The average Bonchev–Trinajstić information content (AvgIpc) is 3.43. The first-order valence-electron chi connectivity index (χ1n) is 10.2. The molecule has 1 N–H and O–H groups in total. The quantitative estimate of drug-likeness (QED) is 0.395. The van der Waals surface area contributed by atoms with Gasteiger partial charge in [0.2, 0.25) is 0 Å². The minimum atomic E-state index is -4.14. The van der Waals surface area contributed by atoms with E-state index in [-0.39, 0.29) is 23.0 Å². The highest BCUT2D eigenvalue weighted by Crippen LogP contribution is 2.25. The van der Waals surface area contributed by atoms with E-state index in [1.54, 1.807) is 14.0 Å². The maximum atomic E-state index is 12.4. The standard InChI is InChI=1S/C24H22N2O7S/c1-15-19(12-22(32-15)24(27)26-34(28,29)23-13-25-33-16(23)2)14-31-21-10-6-18(7-11-21)17-4-8-20(30-3)9-5-17/h4-13H,14H2,1-3H3,(H,26,27). The largest absolute Gasteiger partial charge is 0.497 e. The van der Waals surface area contributed by atoms with Gasteiger partial charge < -0.3 is 18.4 Å². The Kier molecular flexibility index (Phi) is 6.42. The molecule has 0 atom stereocenters. The summed E-state index contributed by atoms with van der Waals surface area (Å²) >= 11 is 0. The smallest absolute Gasteiger partial charge is 0.300 e. The number of aryl methyl sites for hydroxylation is 2. The predicted octanol–water partition coefficient (Wildman–Crippen LogP) is 4.26. The van der Waals surface area contributed by atoms with Crippen LogP contribution in [0.25, 0.3) is 11.1 Å². The number of benzene rings is 2. The molecule has 0 saturated heterocycles. The molecule has 2 aromatic carbocycles. The minimum Gasteiger partial charge on any atom is -0.497 e. The Bertz CT molecular complexity index is 1400. The molecular formula is C24H22N2O7S. The van der Waals surface area contributed by atoms with Gasteiger partial charge in [-0.3, -0.25) is 4.79 Å². The molecule has 0 saturated carbocycles. The molecule has 176 valence electrons. The van der Waals surface area contributed by atoms with E-state index in [0.29, 0.717) is 17.1 Å². The highest BCUT2D eigenvalue weighted by atomic mass is 32.2. The summed E-state index contributed by atoms with van der Waals surface area (Å²) in [6.45, 7) is 3.24. The first kappa shape index (κ1) is 23.1. The fraction of sp³-hybridized carbons (Fsp3) is 0.167. The van der Waals surface area contributed by atoms with Crippen LogP contribution in [0.1, 0.15) is 27.6 Å². The second-order valence-corrected chi connectivity index (χ2v) is 9.07. The number of hydrogen-bond acceptors (Lipinski definition) is 8. The second kappa shape index (κ2) is 9.44. The monoisotopic (exact) mass is 482 g/mol. The molecule has 2 aromatic heterocycles. The third kappa shape index (κ3) is 4.96. The topological polar surface area (TPSA) is 121 Å². The summed E-state index contributed by atoms with van der Waals surface area (Å²) in [6.07, 6.45) is 1.03.